The molecule has 0 bridgehead atoms. The van der Waals surface area contributed by atoms with E-state index in [1.807, 2.05) is 71.7 Å². The lowest BCUT2D eigenvalue weighted by Gasteiger charge is -2.18. The van der Waals surface area contributed by atoms with Crippen LogP contribution in [-0.4, -0.2) is 23.8 Å². The average molecular weight is 550 g/mol. The normalized spacial score (nSPS) is 14.7. The summed E-state index contributed by atoms with van der Waals surface area (Å²) >= 11 is 1.63. The summed E-state index contributed by atoms with van der Waals surface area (Å²) in [4.78, 5) is 18.6. The van der Waals surface area contributed by atoms with Crippen LogP contribution in [0.15, 0.2) is 107 Å². The smallest absolute Gasteiger partial charge is 0.343 e. The molecule has 0 spiro atoms. The van der Waals surface area contributed by atoms with Crippen molar-refractivity contribution < 1.29 is 18.7 Å². The number of hydrogen-bond acceptors (Lipinski definition) is 8. The largest absolute Gasteiger partial charge is 0.497 e. The van der Waals surface area contributed by atoms with Crippen LogP contribution in [-0.2, 0) is 6.42 Å². The van der Waals surface area contributed by atoms with Crippen LogP contribution in [0.3, 0.4) is 0 Å². The molecule has 6 rings (SSSR count). The zero-order valence-electron chi connectivity index (χ0n) is 22.1. The van der Waals surface area contributed by atoms with E-state index in [0.29, 0.717) is 17.7 Å². The molecule has 8 heteroatoms. The topological polar surface area (TPSA) is 77.2 Å². The van der Waals surface area contributed by atoms with Crippen molar-refractivity contribution in [2.45, 2.75) is 25.8 Å². The zero-order valence-corrected chi connectivity index (χ0v) is 22.9. The predicted octanol–water partition coefficient (Wildman–Crippen LogP) is 7.55. The number of anilines is 1. The highest BCUT2D eigenvalue weighted by molar-refractivity contribution is 7.16. The molecule has 0 radical (unpaired) electrons. The van der Waals surface area contributed by atoms with Crippen molar-refractivity contribution in [2.75, 3.05) is 12.1 Å². The summed E-state index contributed by atoms with van der Waals surface area (Å²) in [6.45, 7) is 2.12. The lowest BCUT2D eigenvalue weighted by atomic mass is 10.0. The Kier molecular flexibility index (Phi) is 7.16. The number of methoxy groups -OCH3 is 1. The lowest BCUT2D eigenvalue weighted by Crippen LogP contribution is -2.17. The van der Waals surface area contributed by atoms with Crippen LogP contribution >= 0.6 is 11.3 Å². The summed E-state index contributed by atoms with van der Waals surface area (Å²) in [5.41, 5.74) is 4.35. The van der Waals surface area contributed by atoms with Gasteiger partial charge in [-0.25, -0.2) is 14.8 Å². The Morgan fingerprint density at radius 2 is 1.68 bits per heavy atom. The SMILES string of the molecule is CCc1sc(N2N=C(c3ccc(OC)cc3)C[C@H]2c2ccco2)nc1-c1ccc(OC(=O)c2ccccc2)cc1. The van der Waals surface area contributed by atoms with E-state index >= 15 is 0 Å². The van der Waals surface area contributed by atoms with Gasteiger partial charge in [-0.2, -0.15) is 5.10 Å². The number of carbonyl (C=O) groups excluding carboxylic acids is 1. The highest BCUT2D eigenvalue weighted by Gasteiger charge is 2.34. The maximum absolute atomic E-state index is 12.4. The Labute approximate surface area is 236 Å². The van der Waals surface area contributed by atoms with E-state index in [4.69, 9.17) is 24.0 Å². The van der Waals surface area contributed by atoms with Crippen molar-refractivity contribution in [2.24, 2.45) is 5.10 Å². The third-order valence-corrected chi connectivity index (χ3v) is 7.95. The van der Waals surface area contributed by atoms with Gasteiger partial charge in [-0.1, -0.05) is 36.5 Å². The first-order valence-electron chi connectivity index (χ1n) is 13.0. The number of aryl methyl sites for hydroxylation is 1. The first-order chi connectivity index (χ1) is 19.6. The molecule has 0 amide bonds. The van der Waals surface area contributed by atoms with E-state index in [2.05, 4.69) is 6.92 Å². The van der Waals surface area contributed by atoms with Gasteiger partial charge in [-0.05, 0) is 84.8 Å². The molecular formula is C32H27N3O4S. The fourth-order valence-electron chi connectivity index (χ4n) is 4.67. The molecule has 1 atom stereocenters. The van der Waals surface area contributed by atoms with Gasteiger partial charge in [0.2, 0.25) is 5.13 Å². The standard InChI is InChI=1S/C32H27N3O4S/c1-3-29-30(22-13-17-25(18-14-22)39-31(36)23-8-5-4-6-9-23)33-32(40-29)35-27(28-10-7-19-38-28)20-26(34-35)21-11-15-24(37-2)16-12-21/h4-19,27H,3,20H2,1-2H3/t27-/m0/s1. The molecule has 5 aromatic rings. The number of thiazole rings is 1. The minimum atomic E-state index is -0.387. The van der Waals surface area contributed by atoms with Crippen molar-refractivity contribution in [3.05, 3.63) is 119 Å². The van der Waals surface area contributed by atoms with Crippen molar-refractivity contribution in [1.82, 2.24) is 4.98 Å². The first-order valence-corrected chi connectivity index (χ1v) is 13.9. The Morgan fingerprint density at radius 1 is 0.950 bits per heavy atom. The zero-order chi connectivity index (χ0) is 27.5. The molecule has 0 aliphatic carbocycles. The van der Waals surface area contributed by atoms with Crippen molar-refractivity contribution >= 4 is 28.1 Å². The average Bonchev–Trinajstić information content (AvgIpc) is 3.78. The van der Waals surface area contributed by atoms with Crippen molar-refractivity contribution in [1.29, 1.82) is 0 Å². The quantitative estimate of drug-likeness (QED) is 0.147. The van der Waals surface area contributed by atoms with Crippen LogP contribution in [0.5, 0.6) is 11.5 Å². The fraction of sp³-hybridized carbons (Fsp3) is 0.156. The van der Waals surface area contributed by atoms with E-state index in [0.717, 1.165) is 50.5 Å². The third-order valence-electron chi connectivity index (χ3n) is 6.76. The number of ether oxygens (including phenoxy) is 2. The minimum absolute atomic E-state index is 0.101. The molecule has 3 heterocycles. The monoisotopic (exact) mass is 549 g/mol. The van der Waals surface area contributed by atoms with E-state index in [-0.39, 0.29) is 12.0 Å². The molecule has 0 saturated carbocycles. The summed E-state index contributed by atoms with van der Waals surface area (Å²) in [6, 6.07) is 28.1. The number of aromatic nitrogens is 1. The fourth-order valence-corrected chi connectivity index (χ4v) is 5.69. The molecule has 1 aliphatic heterocycles. The van der Waals surface area contributed by atoms with Crippen molar-refractivity contribution in [3.63, 3.8) is 0 Å². The van der Waals surface area contributed by atoms with Crippen LogP contribution in [0.2, 0.25) is 0 Å². The molecule has 2 aromatic heterocycles. The second-order valence-electron chi connectivity index (χ2n) is 9.26. The lowest BCUT2D eigenvalue weighted by molar-refractivity contribution is 0.0735. The Hall–Kier alpha value is -4.69. The number of hydrogen-bond donors (Lipinski definition) is 0. The van der Waals surface area contributed by atoms with Gasteiger partial charge >= 0.3 is 5.97 Å². The van der Waals surface area contributed by atoms with E-state index in [9.17, 15) is 4.79 Å². The highest BCUT2D eigenvalue weighted by atomic mass is 32.1. The van der Waals surface area contributed by atoms with Crippen LogP contribution in [0.4, 0.5) is 5.13 Å². The van der Waals surface area contributed by atoms with Gasteiger partial charge in [-0.15, -0.1) is 0 Å². The van der Waals surface area contributed by atoms with E-state index < -0.39 is 0 Å². The van der Waals surface area contributed by atoms with Crippen LogP contribution < -0.4 is 14.5 Å². The van der Waals surface area contributed by atoms with Crippen molar-refractivity contribution in [3.8, 4) is 22.8 Å². The number of hydrazone groups is 1. The minimum Gasteiger partial charge on any atom is -0.497 e. The summed E-state index contributed by atoms with van der Waals surface area (Å²) < 4.78 is 16.7. The molecule has 200 valence electrons. The molecular weight excluding hydrogens is 522 g/mol. The maximum Gasteiger partial charge on any atom is 0.343 e. The summed E-state index contributed by atoms with van der Waals surface area (Å²) in [6.07, 6.45) is 3.21. The van der Waals surface area contributed by atoms with E-state index in [1.165, 1.54) is 0 Å². The summed E-state index contributed by atoms with van der Waals surface area (Å²) in [5, 5.41) is 7.80. The van der Waals surface area contributed by atoms with E-state index in [1.54, 1.807) is 49.0 Å². The van der Waals surface area contributed by atoms with Gasteiger partial charge in [0.05, 0.1) is 30.3 Å². The Bertz CT molecular complexity index is 1630. The maximum atomic E-state index is 12.4. The molecule has 7 nitrogen and oxygen atoms in total. The second kappa shape index (κ2) is 11.2. The summed E-state index contributed by atoms with van der Waals surface area (Å²) in [5.74, 6) is 1.74. The second-order valence-corrected chi connectivity index (χ2v) is 10.3. The van der Waals surface area contributed by atoms with Gasteiger partial charge in [0, 0.05) is 16.9 Å². The molecule has 3 aromatic carbocycles. The Morgan fingerprint density at radius 3 is 2.35 bits per heavy atom. The van der Waals surface area contributed by atoms with Crippen LogP contribution in [0, 0.1) is 0 Å². The van der Waals surface area contributed by atoms with Gasteiger partial charge in [0.15, 0.2) is 0 Å². The summed E-state index contributed by atoms with van der Waals surface area (Å²) in [7, 11) is 1.66. The van der Waals surface area contributed by atoms with Gasteiger partial charge < -0.3 is 13.9 Å². The molecule has 0 saturated heterocycles. The number of nitrogens with zero attached hydrogens (tertiary/aromatic N) is 3. The number of rotatable bonds is 8. The predicted molar refractivity (Wildman–Crippen MR) is 156 cm³/mol. The molecule has 0 unspecified atom stereocenters. The van der Waals surface area contributed by atoms with Gasteiger partial charge in [0.1, 0.15) is 23.3 Å². The molecule has 0 fully saturated rings. The molecule has 1 aliphatic rings. The van der Waals surface area contributed by atoms with Gasteiger partial charge in [-0.3, -0.25) is 0 Å². The van der Waals surface area contributed by atoms with Crippen LogP contribution in [0.25, 0.3) is 11.3 Å². The Balaban J connectivity index is 1.29. The van der Waals surface area contributed by atoms with Crippen LogP contribution in [0.1, 0.15) is 45.9 Å². The number of carbonyl (C=O) groups is 1. The molecule has 0 N–H and O–H groups in total. The van der Waals surface area contributed by atoms with Gasteiger partial charge in [0.25, 0.3) is 0 Å². The third kappa shape index (κ3) is 5.13. The highest BCUT2D eigenvalue weighted by Crippen LogP contribution is 2.42. The number of furan rings is 1. The number of esters is 1. The number of benzene rings is 3. The first kappa shape index (κ1) is 25.6. The molecule has 40 heavy (non-hydrogen) atoms.